The summed E-state index contributed by atoms with van der Waals surface area (Å²) in [6.45, 7) is 3.18. The summed E-state index contributed by atoms with van der Waals surface area (Å²) in [5, 5.41) is 3.57. The number of ether oxygens (including phenoxy) is 2. The first-order chi connectivity index (χ1) is 10.7. The van der Waals surface area contributed by atoms with Crippen LogP contribution in [0.15, 0.2) is 48.5 Å². The molecule has 0 saturated heterocycles. The molecule has 1 N–H and O–H groups in total. The van der Waals surface area contributed by atoms with Gasteiger partial charge in [-0.2, -0.15) is 0 Å². The lowest BCUT2D eigenvalue weighted by molar-refractivity contribution is 0.414. The summed E-state index contributed by atoms with van der Waals surface area (Å²) in [6.07, 6.45) is 2.02. The average molecular weight is 299 g/mol. The Hall–Kier alpha value is -2.00. The van der Waals surface area contributed by atoms with E-state index in [9.17, 15) is 0 Å². The Morgan fingerprint density at radius 2 is 1.64 bits per heavy atom. The molecule has 0 amide bonds. The van der Waals surface area contributed by atoms with Crippen LogP contribution in [0.5, 0.6) is 11.5 Å². The molecular weight excluding hydrogens is 274 g/mol. The van der Waals surface area contributed by atoms with E-state index in [1.807, 2.05) is 24.3 Å². The van der Waals surface area contributed by atoms with Crippen molar-refractivity contribution in [2.24, 2.45) is 0 Å². The Morgan fingerprint density at radius 1 is 0.909 bits per heavy atom. The topological polar surface area (TPSA) is 30.5 Å². The highest BCUT2D eigenvalue weighted by Gasteiger charge is 2.04. The van der Waals surface area contributed by atoms with Crippen LogP contribution in [0.2, 0.25) is 0 Å². The van der Waals surface area contributed by atoms with Crippen LogP contribution in [0.3, 0.4) is 0 Å². The summed E-state index contributed by atoms with van der Waals surface area (Å²) in [6, 6.07) is 17.0. The van der Waals surface area contributed by atoms with Gasteiger partial charge in [-0.15, -0.1) is 0 Å². The van der Waals surface area contributed by atoms with Crippen molar-refractivity contribution in [3.8, 4) is 11.5 Å². The maximum Gasteiger partial charge on any atom is 0.119 e. The fraction of sp³-hybridized carbons (Fsp3) is 0.368. The second-order valence-electron chi connectivity index (χ2n) is 5.51. The number of benzene rings is 2. The van der Waals surface area contributed by atoms with Crippen LogP contribution in [0.4, 0.5) is 0 Å². The molecule has 0 heterocycles. The van der Waals surface area contributed by atoms with E-state index in [2.05, 4.69) is 36.5 Å². The Balaban J connectivity index is 1.75. The quantitative estimate of drug-likeness (QED) is 0.809. The Morgan fingerprint density at radius 3 is 2.32 bits per heavy atom. The van der Waals surface area contributed by atoms with E-state index >= 15 is 0 Å². The van der Waals surface area contributed by atoms with Crippen LogP contribution in [-0.4, -0.2) is 26.8 Å². The van der Waals surface area contributed by atoms with Crippen molar-refractivity contribution >= 4 is 0 Å². The average Bonchev–Trinajstić information content (AvgIpc) is 2.56. The van der Waals surface area contributed by atoms with Crippen molar-refractivity contribution in [2.45, 2.75) is 25.8 Å². The first kappa shape index (κ1) is 16.4. The van der Waals surface area contributed by atoms with Crippen molar-refractivity contribution < 1.29 is 9.47 Å². The van der Waals surface area contributed by atoms with E-state index in [0.717, 1.165) is 30.9 Å². The molecule has 3 nitrogen and oxygen atoms in total. The number of nitrogens with one attached hydrogen (secondary N) is 1. The van der Waals surface area contributed by atoms with Crippen LogP contribution in [0, 0.1) is 0 Å². The predicted molar refractivity (Wildman–Crippen MR) is 90.9 cm³/mol. The molecule has 3 heteroatoms. The molecule has 0 aliphatic heterocycles. The summed E-state index contributed by atoms with van der Waals surface area (Å²) in [7, 11) is 3.39. The van der Waals surface area contributed by atoms with Gasteiger partial charge in [-0.25, -0.2) is 0 Å². The lowest BCUT2D eigenvalue weighted by atomic mass is 10.1. The van der Waals surface area contributed by atoms with Crippen LogP contribution in [0.25, 0.3) is 0 Å². The third kappa shape index (κ3) is 5.08. The molecule has 1 unspecified atom stereocenters. The van der Waals surface area contributed by atoms with Crippen molar-refractivity contribution in [1.29, 1.82) is 0 Å². The first-order valence-electron chi connectivity index (χ1n) is 7.70. The minimum absolute atomic E-state index is 0.444. The molecule has 0 fully saturated rings. The Kier molecular flexibility index (Phi) is 6.28. The standard InChI is InChI=1S/C19H25NO2/c1-15(13-17-7-9-18(21-2)10-8-17)20-12-11-16-5-4-6-19(14-16)22-3/h4-10,14-15,20H,11-13H2,1-3H3. The maximum absolute atomic E-state index is 5.25. The van der Waals surface area contributed by atoms with Gasteiger partial charge in [0, 0.05) is 6.04 Å². The molecule has 118 valence electrons. The molecule has 0 radical (unpaired) electrons. The summed E-state index contributed by atoms with van der Waals surface area (Å²) in [5.41, 5.74) is 2.62. The van der Waals surface area contributed by atoms with E-state index in [-0.39, 0.29) is 0 Å². The monoisotopic (exact) mass is 299 g/mol. The molecule has 22 heavy (non-hydrogen) atoms. The summed E-state index contributed by atoms with van der Waals surface area (Å²) in [5.74, 6) is 1.83. The van der Waals surface area contributed by atoms with Crippen molar-refractivity contribution in [3.05, 3.63) is 59.7 Å². The molecule has 0 aliphatic rings. The van der Waals surface area contributed by atoms with E-state index in [1.54, 1.807) is 14.2 Å². The number of methoxy groups -OCH3 is 2. The van der Waals surface area contributed by atoms with Crippen LogP contribution in [-0.2, 0) is 12.8 Å². The van der Waals surface area contributed by atoms with Gasteiger partial charge in [0.1, 0.15) is 11.5 Å². The molecule has 0 saturated carbocycles. The highest BCUT2D eigenvalue weighted by atomic mass is 16.5. The number of rotatable bonds is 8. The lowest BCUT2D eigenvalue weighted by Crippen LogP contribution is -2.29. The van der Waals surface area contributed by atoms with Crippen molar-refractivity contribution in [2.75, 3.05) is 20.8 Å². The lowest BCUT2D eigenvalue weighted by Gasteiger charge is -2.14. The zero-order chi connectivity index (χ0) is 15.8. The van der Waals surface area contributed by atoms with Gasteiger partial charge in [0.05, 0.1) is 14.2 Å². The predicted octanol–water partition coefficient (Wildman–Crippen LogP) is 3.47. The second-order valence-corrected chi connectivity index (χ2v) is 5.51. The van der Waals surface area contributed by atoms with Gasteiger partial charge in [-0.05, 0) is 61.7 Å². The Bertz CT molecular complexity index is 566. The normalized spacial score (nSPS) is 12.0. The van der Waals surface area contributed by atoms with Crippen molar-refractivity contribution in [3.63, 3.8) is 0 Å². The van der Waals surface area contributed by atoms with E-state index in [4.69, 9.17) is 9.47 Å². The smallest absolute Gasteiger partial charge is 0.119 e. The molecule has 2 aromatic carbocycles. The minimum Gasteiger partial charge on any atom is -0.497 e. The molecule has 0 bridgehead atoms. The zero-order valence-corrected chi connectivity index (χ0v) is 13.6. The largest absolute Gasteiger partial charge is 0.497 e. The van der Waals surface area contributed by atoms with Gasteiger partial charge < -0.3 is 14.8 Å². The van der Waals surface area contributed by atoms with E-state index in [0.29, 0.717) is 6.04 Å². The van der Waals surface area contributed by atoms with E-state index < -0.39 is 0 Å². The molecule has 0 aromatic heterocycles. The van der Waals surface area contributed by atoms with Gasteiger partial charge in [0.2, 0.25) is 0 Å². The molecule has 0 aliphatic carbocycles. The number of hydrogen-bond donors (Lipinski definition) is 1. The highest BCUT2D eigenvalue weighted by molar-refractivity contribution is 5.29. The highest BCUT2D eigenvalue weighted by Crippen LogP contribution is 2.14. The molecular formula is C19H25NO2. The summed E-state index contributed by atoms with van der Waals surface area (Å²) in [4.78, 5) is 0. The number of hydrogen-bond acceptors (Lipinski definition) is 3. The SMILES string of the molecule is COc1ccc(CC(C)NCCc2cccc(OC)c2)cc1. The third-order valence-electron chi connectivity index (χ3n) is 3.74. The molecule has 1 atom stereocenters. The van der Waals surface area contributed by atoms with E-state index in [1.165, 1.54) is 11.1 Å². The minimum atomic E-state index is 0.444. The van der Waals surface area contributed by atoms with Gasteiger partial charge >= 0.3 is 0 Å². The zero-order valence-electron chi connectivity index (χ0n) is 13.6. The Labute approximate surface area is 133 Å². The molecule has 2 aromatic rings. The fourth-order valence-corrected chi connectivity index (χ4v) is 2.48. The summed E-state index contributed by atoms with van der Waals surface area (Å²) >= 11 is 0. The van der Waals surface area contributed by atoms with Gasteiger partial charge in [0.15, 0.2) is 0 Å². The summed E-state index contributed by atoms with van der Waals surface area (Å²) < 4.78 is 10.4. The van der Waals surface area contributed by atoms with Gasteiger partial charge in [0.25, 0.3) is 0 Å². The van der Waals surface area contributed by atoms with Gasteiger partial charge in [-0.3, -0.25) is 0 Å². The maximum atomic E-state index is 5.25. The van der Waals surface area contributed by atoms with Crippen LogP contribution < -0.4 is 14.8 Å². The fourth-order valence-electron chi connectivity index (χ4n) is 2.48. The van der Waals surface area contributed by atoms with Crippen molar-refractivity contribution in [1.82, 2.24) is 5.32 Å². The second kappa shape index (κ2) is 8.44. The van der Waals surface area contributed by atoms with Crippen LogP contribution in [0.1, 0.15) is 18.1 Å². The molecule has 0 spiro atoms. The third-order valence-corrected chi connectivity index (χ3v) is 3.74. The van der Waals surface area contributed by atoms with Gasteiger partial charge in [-0.1, -0.05) is 24.3 Å². The molecule has 2 rings (SSSR count). The first-order valence-corrected chi connectivity index (χ1v) is 7.70. The van der Waals surface area contributed by atoms with Crippen LogP contribution >= 0.6 is 0 Å².